The number of aromatic nitrogens is 1. The Morgan fingerprint density at radius 3 is 2.30 bits per heavy atom. The summed E-state index contributed by atoms with van der Waals surface area (Å²) in [6, 6.07) is 18.1. The molecular weight excluding hydrogens is 799 g/mol. The fourth-order valence-corrected chi connectivity index (χ4v) is 8.69. The predicted octanol–water partition coefficient (Wildman–Crippen LogP) is 7.48. The third kappa shape index (κ3) is 10.5. The molecule has 4 aromatic rings. The van der Waals surface area contributed by atoms with Crippen molar-refractivity contribution in [2.75, 3.05) is 7.11 Å². The van der Waals surface area contributed by atoms with Crippen molar-refractivity contribution in [2.45, 2.75) is 109 Å². The van der Waals surface area contributed by atoms with E-state index >= 15 is 0 Å². The number of rotatable bonds is 9. The number of benzene rings is 3. The van der Waals surface area contributed by atoms with E-state index in [1.165, 1.54) is 0 Å². The van der Waals surface area contributed by atoms with Gasteiger partial charge in [-0.2, -0.15) is 0 Å². The van der Waals surface area contributed by atoms with Gasteiger partial charge in [-0.1, -0.05) is 82.7 Å². The standard InChI is InChI=1S/C46H55N5O9S/c1-9-14-33-40(52)51-61(56,57)46(23-24-46)22-13-17-29-25-30(38(41(53)48-33)49-42(54)39(44(2,3)4)50-43(55)60-45(5,6)7)18-21-36(29)59-37-27-34(28-15-11-10-12-16-28)47-35-26-31(58-8)19-20-32(35)37/h10-13,15-21,25-27,33,38-39H,9,14,22-24H2,1-8H3,(H,48,53)(H,49,54)(H,50,55)(H,51,52)/b17-13-/t33-,38+,39+/m0/s1. The molecule has 4 amide bonds. The maximum Gasteiger partial charge on any atom is 0.408 e. The van der Waals surface area contributed by atoms with Crippen LogP contribution in [0.4, 0.5) is 4.79 Å². The van der Waals surface area contributed by atoms with Gasteiger partial charge in [-0.05, 0) is 81.7 Å². The minimum Gasteiger partial charge on any atom is -0.497 e. The largest absolute Gasteiger partial charge is 0.497 e. The van der Waals surface area contributed by atoms with Crippen LogP contribution >= 0.6 is 0 Å². The number of carbonyl (C=O) groups excluding carboxylic acids is 4. The average molecular weight is 854 g/mol. The molecule has 1 aliphatic heterocycles. The van der Waals surface area contributed by atoms with Crippen LogP contribution < -0.4 is 30.1 Å². The van der Waals surface area contributed by atoms with Crippen molar-refractivity contribution >= 4 is 50.8 Å². The van der Waals surface area contributed by atoms with E-state index < -0.39 is 67.7 Å². The van der Waals surface area contributed by atoms with Gasteiger partial charge in [-0.15, -0.1) is 0 Å². The zero-order chi connectivity index (χ0) is 44.3. The first kappa shape index (κ1) is 44.6. The van der Waals surface area contributed by atoms with Gasteiger partial charge in [0, 0.05) is 28.6 Å². The van der Waals surface area contributed by atoms with Crippen molar-refractivity contribution in [2.24, 2.45) is 5.41 Å². The first-order chi connectivity index (χ1) is 28.7. The summed E-state index contributed by atoms with van der Waals surface area (Å²) < 4.78 is 46.2. The van der Waals surface area contributed by atoms with Crippen LogP contribution in [0.25, 0.3) is 28.2 Å². The van der Waals surface area contributed by atoms with E-state index in [2.05, 4.69) is 20.7 Å². The van der Waals surface area contributed by atoms with E-state index in [9.17, 15) is 27.6 Å². The van der Waals surface area contributed by atoms with E-state index in [0.717, 1.165) is 5.56 Å². The molecular formula is C46H55N5O9S. The third-order valence-corrected chi connectivity index (χ3v) is 12.8. The molecule has 2 aliphatic rings. The molecule has 14 nitrogen and oxygen atoms in total. The van der Waals surface area contributed by atoms with Crippen LogP contribution in [-0.4, -0.2) is 66.8 Å². The van der Waals surface area contributed by atoms with Gasteiger partial charge in [0.15, 0.2) is 0 Å². The lowest BCUT2D eigenvalue weighted by Crippen LogP contribution is -2.57. The molecule has 2 heterocycles. The smallest absolute Gasteiger partial charge is 0.408 e. The molecule has 1 spiro atoms. The van der Waals surface area contributed by atoms with Gasteiger partial charge in [0.1, 0.15) is 41.0 Å². The number of allylic oxidation sites excluding steroid dienone is 1. The van der Waals surface area contributed by atoms with Gasteiger partial charge in [-0.25, -0.2) is 18.2 Å². The number of amides is 4. The molecule has 1 saturated carbocycles. The molecule has 3 atom stereocenters. The second kappa shape index (κ2) is 17.6. The number of methoxy groups -OCH3 is 1. The second-order valence-electron chi connectivity index (χ2n) is 17.7. The Hall–Kier alpha value is -5.96. The quantitative estimate of drug-likeness (QED) is 0.131. The zero-order valence-electron chi connectivity index (χ0n) is 35.9. The van der Waals surface area contributed by atoms with E-state index in [4.69, 9.17) is 19.2 Å². The molecule has 1 fully saturated rings. The fourth-order valence-electron chi connectivity index (χ4n) is 7.11. The summed E-state index contributed by atoms with van der Waals surface area (Å²) in [5.74, 6) is -0.887. The minimum atomic E-state index is -4.16. The summed E-state index contributed by atoms with van der Waals surface area (Å²) in [5.41, 5.74) is 1.24. The number of sulfonamides is 1. The topological polar surface area (TPSA) is 191 Å². The summed E-state index contributed by atoms with van der Waals surface area (Å²) >= 11 is 0. The maximum absolute atomic E-state index is 14.5. The monoisotopic (exact) mass is 853 g/mol. The SMILES string of the molecule is CCC[C@@H]1NC(=O)[C@H](NC(=O)[C@@H](NC(=O)OC(C)(C)C)C(C)(C)C)c2ccc(Oc3cc(-c4ccccc4)nc4cc(OC)ccc34)c(c2)/C=C\CC2(CC2)S(=O)(=O)NC1=O. The molecule has 0 unspecified atom stereocenters. The molecule has 3 aromatic carbocycles. The normalized spacial score (nSPS) is 19.7. The van der Waals surface area contributed by atoms with E-state index in [0.29, 0.717) is 64.2 Å². The number of pyridine rings is 1. The highest BCUT2D eigenvalue weighted by Crippen LogP contribution is 2.47. The lowest BCUT2D eigenvalue weighted by molar-refractivity contribution is -0.133. The number of hydrogen-bond acceptors (Lipinski definition) is 10. The zero-order valence-corrected chi connectivity index (χ0v) is 36.7. The average Bonchev–Trinajstić information content (AvgIpc) is 3.99. The van der Waals surface area contributed by atoms with Crippen molar-refractivity contribution in [1.29, 1.82) is 0 Å². The van der Waals surface area contributed by atoms with Crippen LogP contribution in [0.3, 0.4) is 0 Å². The van der Waals surface area contributed by atoms with Crippen LogP contribution in [0.2, 0.25) is 0 Å². The number of fused-ring (bicyclic) bond motifs is 3. The van der Waals surface area contributed by atoms with Gasteiger partial charge in [0.05, 0.1) is 23.1 Å². The molecule has 15 heteroatoms. The lowest BCUT2D eigenvalue weighted by Gasteiger charge is -2.33. The summed E-state index contributed by atoms with van der Waals surface area (Å²) in [6.45, 7) is 12.2. The molecule has 4 N–H and O–H groups in total. The molecule has 0 radical (unpaired) electrons. The van der Waals surface area contributed by atoms with E-state index in [1.54, 1.807) is 85.9 Å². The highest BCUT2D eigenvalue weighted by atomic mass is 32.2. The Morgan fingerprint density at radius 1 is 0.934 bits per heavy atom. The van der Waals surface area contributed by atoms with Crippen LogP contribution in [0.1, 0.15) is 97.7 Å². The maximum atomic E-state index is 14.5. The predicted molar refractivity (Wildman–Crippen MR) is 233 cm³/mol. The van der Waals surface area contributed by atoms with Crippen molar-refractivity contribution in [3.8, 4) is 28.5 Å². The van der Waals surface area contributed by atoms with Crippen LogP contribution in [0, 0.1) is 5.41 Å². The second-order valence-corrected chi connectivity index (χ2v) is 19.7. The highest BCUT2D eigenvalue weighted by molar-refractivity contribution is 7.91. The van der Waals surface area contributed by atoms with Crippen LogP contribution in [-0.2, 0) is 29.1 Å². The number of hydrogen-bond donors (Lipinski definition) is 4. The summed E-state index contributed by atoms with van der Waals surface area (Å²) in [5, 5.41) is 8.89. The molecule has 324 valence electrons. The van der Waals surface area contributed by atoms with Crippen LogP contribution in [0.15, 0.2) is 78.9 Å². The fraction of sp³-hybridized carbons (Fsp3) is 0.413. The van der Waals surface area contributed by atoms with Crippen molar-refractivity contribution in [1.82, 2.24) is 25.7 Å². The number of carbonyl (C=O) groups is 4. The van der Waals surface area contributed by atoms with E-state index in [1.807, 2.05) is 54.6 Å². The van der Waals surface area contributed by atoms with Gasteiger partial charge < -0.3 is 30.2 Å². The van der Waals surface area contributed by atoms with Gasteiger partial charge in [-0.3, -0.25) is 19.1 Å². The number of nitrogens with zero attached hydrogens (tertiary/aromatic N) is 1. The molecule has 6 rings (SSSR count). The molecule has 2 bridgehead atoms. The first-order valence-electron chi connectivity index (χ1n) is 20.4. The van der Waals surface area contributed by atoms with Crippen molar-refractivity contribution < 1.29 is 41.8 Å². The molecule has 61 heavy (non-hydrogen) atoms. The Kier molecular flexibility index (Phi) is 12.8. The minimum absolute atomic E-state index is 0.101. The Bertz CT molecular complexity index is 2450. The summed E-state index contributed by atoms with van der Waals surface area (Å²) in [4.78, 5) is 60.2. The number of nitrogens with one attached hydrogen (secondary N) is 4. The number of ether oxygens (including phenoxy) is 3. The third-order valence-electron chi connectivity index (χ3n) is 10.6. The van der Waals surface area contributed by atoms with Crippen LogP contribution in [0.5, 0.6) is 17.2 Å². The summed E-state index contributed by atoms with van der Waals surface area (Å²) in [6.07, 6.45) is 3.98. The Labute approximate surface area is 357 Å². The molecule has 0 saturated heterocycles. The Balaban J connectivity index is 1.47. The van der Waals surface area contributed by atoms with Gasteiger partial charge in [0.2, 0.25) is 21.8 Å². The highest BCUT2D eigenvalue weighted by Gasteiger charge is 2.54. The van der Waals surface area contributed by atoms with Gasteiger partial charge in [0.25, 0.3) is 5.91 Å². The summed E-state index contributed by atoms with van der Waals surface area (Å²) in [7, 11) is -2.59. The Morgan fingerprint density at radius 2 is 1.66 bits per heavy atom. The lowest BCUT2D eigenvalue weighted by atomic mass is 9.86. The first-order valence-corrected chi connectivity index (χ1v) is 21.9. The number of alkyl carbamates (subject to hydrolysis) is 1. The molecule has 1 aromatic heterocycles. The van der Waals surface area contributed by atoms with Crippen molar-refractivity contribution in [3.63, 3.8) is 0 Å². The van der Waals surface area contributed by atoms with Gasteiger partial charge >= 0.3 is 6.09 Å². The van der Waals surface area contributed by atoms with Crippen molar-refractivity contribution in [3.05, 3.63) is 90.0 Å². The molecule has 1 aliphatic carbocycles. The van der Waals surface area contributed by atoms with E-state index in [-0.39, 0.29) is 12.8 Å².